The van der Waals surface area contributed by atoms with E-state index in [1.807, 2.05) is 13.8 Å². The molecule has 0 aromatic carbocycles. The Kier molecular flexibility index (Phi) is 6.51. The van der Waals surface area contributed by atoms with Gasteiger partial charge in [-0.3, -0.25) is 4.79 Å². The number of rotatable bonds is 8. The Balaban J connectivity index is 4.42. The van der Waals surface area contributed by atoms with Gasteiger partial charge in [-0.1, -0.05) is 13.8 Å². The maximum Gasteiger partial charge on any atom is 0.304 e. The summed E-state index contributed by atoms with van der Waals surface area (Å²) in [5, 5.41) is 8.44. The Morgan fingerprint density at radius 1 is 1.20 bits per heavy atom. The van der Waals surface area contributed by atoms with Gasteiger partial charge in [-0.05, 0) is 12.8 Å². The van der Waals surface area contributed by atoms with Gasteiger partial charge in [0.2, 0.25) is 10.0 Å². The quantitative estimate of drug-likeness (QED) is 0.681. The van der Waals surface area contributed by atoms with Crippen molar-refractivity contribution >= 4 is 16.0 Å². The fraction of sp³-hybridized carbons (Fsp3) is 0.889. The molecule has 0 saturated carbocycles. The first-order valence-corrected chi connectivity index (χ1v) is 6.74. The second kappa shape index (κ2) is 6.79. The highest BCUT2D eigenvalue weighted by atomic mass is 32.2. The molecular weight excluding hydrogens is 218 g/mol. The molecule has 0 unspecified atom stereocenters. The molecule has 0 amide bonds. The summed E-state index contributed by atoms with van der Waals surface area (Å²) in [6.45, 7) is 4.73. The van der Waals surface area contributed by atoms with Crippen molar-refractivity contribution in [1.29, 1.82) is 0 Å². The van der Waals surface area contributed by atoms with Crippen LogP contribution in [0.15, 0.2) is 0 Å². The number of hydrogen-bond donors (Lipinski definition) is 1. The van der Waals surface area contributed by atoms with E-state index < -0.39 is 16.0 Å². The van der Waals surface area contributed by atoms with Gasteiger partial charge in [-0.2, -0.15) is 0 Å². The zero-order valence-electron chi connectivity index (χ0n) is 9.27. The van der Waals surface area contributed by atoms with E-state index in [0.717, 1.165) is 12.8 Å². The molecule has 0 bridgehead atoms. The van der Waals surface area contributed by atoms with Crippen LogP contribution in [0.5, 0.6) is 0 Å². The van der Waals surface area contributed by atoms with Crippen LogP contribution < -0.4 is 0 Å². The molecule has 5 nitrogen and oxygen atoms in total. The van der Waals surface area contributed by atoms with Gasteiger partial charge >= 0.3 is 5.97 Å². The minimum absolute atomic E-state index is 0.303. The summed E-state index contributed by atoms with van der Waals surface area (Å²) in [4.78, 5) is 10.3. The average molecular weight is 237 g/mol. The number of carbonyl (C=O) groups is 1. The molecule has 0 fully saturated rings. The molecule has 0 rings (SSSR count). The van der Waals surface area contributed by atoms with E-state index in [1.54, 1.807) is 0 Å². The fourth-order valence-corrected chi connectivity index (χ4v) is 2.85. The molecule has 15 heavy (non-hydrogen) atoms. The van der Waals surface area contributed by atoms with Crippen molar-refractivity contribution in [3.63, 3.8) is 0 Å². The summed E-state index contributed by atoms with van der Waals surface area (Å²) in [6, 6.07) is 0. The van der Waals surface area contributed by atoms with Crippen molar-refractivity contribution in [3.05, 3.63) is 0 Å². The van der Waals surface area contributed by atoms with Crippen LogP contribution >= 0.6 is 0 Å². The van der Waals surface area contributed by atoms with Crippen LogP contribution in [0.25, 0.3) is 0 Å². The zero-order chi connectivity index (χ0) is 11.9. The van der Waals surface area contributed by atoms with Crippen LogP contribution in [0, 0.1) is 0 Å². The molecule has 0 saturated heterocycles. The predicted octanol–water partition coefficient (Wildman–Crippen LogP) is 0.913. The third-order valence-electron chi connectivity index (χ3n) is 1.91. The normalized spacial score (nSPS) is 11.9. The van der Waals surface area contributed by atoms with Gasteiger partial charge < -0.3 is 5.11 Å². The smallest absolute Gasteiger partial charge is 0.304 e. The van der Waals surface area contributed by atoms with Gasteiger partial charge in [-0.25, -0.2) is 12.7 Å². The van der Waals surface area contributed by atoms with Crippen molar-refractivity contribution < 1.29 is 18.3 Å². The molecule has 0 radical (unpaired) electrons. The van der Waals surface area contributed by atoms with E-state index in [1.165, 1.54) is 4.31 Å². The molecule has 0 atom stereocenters. The number of carboxylic acids is 1. The molecule has 0 aliphatic heterocycles. The zero-order valence-corrected chi connectivity index (χ0v) is 10.1. The number of sulfonamides is 1. The first-order valence-electron chi connectivity index (χ1n) is 5.13. The Morgan fingerprint density at radius 3 is 2.00 bits per heavy atom. The second-order valence-corrected chi connectivity index (χ2v) is 5.45. The summed E-state index contributed by atoms with van der Waals surface area (Å²) in [6.07, 6.45) is 1.16. The molecule has 0 spiro atoms. The third-order valence-corrected chi connectivity index (χ3v) is 3.79. The van der Waals surface area contributed by atoms with E-state index in [9.17, 15) is 13.2 Å². The van der Waals surface area contributed by atoms with Crippen LogP contribution in [-0.4, -0.2) is 42.6 Å². The lowest BCUT2D eigenvalue weighted by molar-refractivity contribution is -0.136. The van der Waals surface area contributed by atoms with Gasteiger partial charge in [0.15, 0.2) is 0 Å². The van der Waals surface area contributed by atoms with E-state index in [2.05, 4.69) is 0 Å². The summed E-state index contributed by atoms with van der Waals surface area (Å²) in [7, 11) is -3.39. The van der Waals surface area contributed by atoms with Crippen molar-refractivity contribution in [2.75, 3.05) is 18.8 Å². The van der Waals surface area contributed by atoms with Gasteiger partial charge in [0, 0.05) is 13.1 Å². The molecule has 0 aliphatic carbocycles. The minimum atomic E-state index is -3.39. The minimum Gasteiger partial charge on any atom is -0.481 e. The van der Waals surface area contributed by atoms with Crippen LogP contribution in [0.2, 0.25) is 0 Å². The first-order chi connectivity index (χ1) is 6.94. The largest absolute Gasteiger partial charge is 0.481 e. The van der Waals surface area contributed by atoms with E-state index >= 15 is 0 Å². The topological polar surface area (TPSA) is 74.7 Å². The monoisotopic (exact) mass is 237 g/mol. The fourth-order valence-electron chi connectivity index (χ4n) is 1.23. The Bertz CT molecular complexity index is 280. The van der Waals surface area contributed by atoms with Crippen LogP contribution in [0.1, 0.15) is 33.1 Å². The SMILES string of the molecule is CCCN(CCC)S(=O)(=O)CCC(=O)O. The van der Waals surface area contributed by atoms with Crippen molar-refractivity contribution in [3.8, 4) is 0 Å². The van der Waals surface area contributed by atoms with Crippen LogP contribution in [0.4, 0.5) is 0 Å². The van der Waals surface area contributed by atoms with Gasteiger partial charge in [0.1, 0.15) is 0 Å². The summed E-state index contributed by atoms with van der Waals surface area (Å²) in [5.41, 5.74) is 0. The summed E-state index contributed by atoms with van der Waals surface area (Å²) < 4.78 is 24.7. The number of hydrogen-bond acceptors (Lipinski definition) is 3. The lowest BCUT2D eigenvalue weighted by atomic mass is 10.4. The Labute approximate surface area is 91.1 Å². The number of aliphatic carboxylic acids is 1. The van der Waals surface area contributed by atoms with E-state index in [4.69, 9.17) is 5.11 Å². The molecule has 0 aromatic rings. The highest BCUT2D eigenvalue weighted by molar-refractivity contribution is 7.89. The maximum atomic E-state index is 11.7. The Hall–Kier alpha value is -0.620. The Morgan fingerprint density at radius 2 is 1.67 bits per heavy atom. The summed E-state index contributed by atoms with van der Waals surface area (Å²) >= 11 is 0. The maximum absolute atomic E-state index is 11.7. The molecule has 1 N–H and O–H groups in total. The van der Waals surface area contributed by atoms with Crippen LogP contribution in [0.3, 0.4) is 0 Å². The molecule has 0 heterocycles. The first kappa shape index (κ1) is 14.4. The van der Waals surface area contributed by atoms with Crippen molar-refractivity contribution in [2.45, 2.75) is 33.1 Å². The van der Waals surface area contributed by atoms with Gasteiger partial charge in [0.05, 0.1) is 12.2 Å². The highest BCUT2D eigenvalue weighted by Crippen LogP contribution is 2.05. The predicted molar refractivity (Wildman–Crippen MR) is 58.2 cm³/mol. The number of carboxylic acid groups (broad SMARTS) is 1. The number of nitrogens with zero attached hydrogens (tertiary/aromatic N) is 1. The molecule has 6 heteroatoms. The lowest BCUT2D eigenvalue weighted by Gasteiger charge is -2.20. The van der Waals surface area contributed by atoms with Crippen molar-refractivity contribution in [2.24, 2.45) is 0 Å². The molecular formula is C9H19NO4S. The molecule has 0 aliphatic rings. The third kappa shape index (κ3) is 5.74. The van der Waals surface area contributed by atoms with E-state index in [0.29, 0.717) is 13.1 Å². The average Bonchev–Trinajstić information content (AvgIpc) is 2.15. The standard InChI is InChI=1S/C9H19NO4S/c1-3-6-10(7-4-2)15(13,14)8-5-9(11)12/h3-8H2,1-2H3,(H,11,12). The van der Waals surface area contributed by atoms with Gasteiger partial charge in [-0.15, -0.1) is 0 Å². The highest BCUT2D eigenvalue weighted by Gasteiger charge is 2.21. The second-order valence-electron chi connectivity index (χ2n) is 3.36. The summed E-state index contributed by atoms with van der Waals surface area (Å²) in [5.74, 6) is -1.38. The lowest BCUT2D eigenvalue weighted by Crippen LogP contribution is -2.35. The van der Waals surface area contributed by atoms with Gasteiger partial charge in [0.25, 0.3) is 0 Å². The van der Waals surface area contributed by atoms with Crippen molar-refractivity contribution in [1.82, 2.24) is 4.31 Å². The van der Waals surface area contributed by atoms with Crippen LogP contribution in [-0.2, 0) is 14.8 Å². The molecule has 0 aromatic heterocycles. The van der Waals surface area contributed by atoms with E-state index in [-0.39, 0.29) is 12.2 Å². The molecule has 90 valence electrons.